The smallest absolute Gasteiger partial charge is 0.137 e. The van der Waals surface area contributed by atoms with Crippen LogP contribution in [-0.2, 0) is 6.42 Å². The summed E-state index contributed by atoms with van der Waals surface area (Å²) in [5.41, 5.74) is 8.71. The first-order valence-electron chi connectivity index (χ1n) is 8.83. The van der Waals surface area contributed by atoms with Crippen LogP contribution in [-0.4, -0.2) is 23.1 Å². The standard InChI is InChI=1S/C21H24N4O/c1-2-3-4-13-26-18-8-5-16(6-9-18)11-12-23-21-19-14-17(22)7-10-20(19)24-15-25-21/h2,5-10,14-15H,1,3-4,11-13,22H2,(H,23,24,25). The molecule has 0 aliphatic heterocycles. The van der Waals surface area contributed by atoms with Crippen LogP contribution in [0.1, 0.15) is 18.4 Å². The van der Waals surface area contributed by atoms with E-state index in [4.69, 9.17) is 10.5 Å². The van der Waals surface area contributed by atoms with Gasteiger partial charge >= 0.3 is 0 Å². The molecule has 0 unspecified atom stereocenters. The van der Waals surface area contributed by atoms with Gasteiger partial charge in [0, 0.05) is 17.6 Å². The van der Waals surface area contributed by atoms with Gasteiger partial charge in [0.05, 0.1) is 12.1 Å². The van der Waals surface area contributed by atoms with Gasteiger partial charge in [-0.3, -0.25) is 0 Å². The highest BCUT2D eigenvalue weighted by molar-refractivity contribution is 5.91. The highest BCUT2D eigenvalue weighted by Gasteiger charge is 2.04. The average Bonchev–Trinajstić information content (AvgIpc) is 2.67. The van der Waals surface area contributed by atoms with E-state index >= 15 is 0 Å². The number of fused-ring (bicyclic) bond motifs is 1. The maximum Gasteiger partial charge on any atom is 0.137 e. The summed E-state index contributed by atoms with van der Waals surface area (Å²) in [4.78, 5) is 8.61. The van der Waals surface area contributed by atoms with Crippen LogP contribution in [0.25, 0.3) is 10.9 Å². The zero-order chi connectivity index (χ0) is 18.2. The number of hydrogen-bond donors (Lipinski definition) is 2. The maximum atomic E-state index is 5.88. The number of unbranched alkanes of at least 4 members (excludes halogenated alkanes) is 1. The molecule has 0 saturated carbocycles. The second kappa shape index (κ2) is 8.85. The molecular weight excluding hydrogens is 324 g/mol. The Morgan fingerprint density at radius 1 is 1.12 bits per heavy atom. The van der Waals surface area contributed by atoms with Crippen LogP contribution in [0.5, 0.6) is 5.75 Å². The zero-order valence-electron chi connectivity index (χ0n) is 14.8. The van der Waals surface area contributed by atoms with Crippen LogP contribution in [0.15, 0.2) is 61.4 Å². The first-order chi connectivity index (χ1) is 12.8. The Labute approximate surface area is 153 Å². The Kier molecular flexibility index (Phi) is 6.04. The van der Waals surface area contributed by atoms with Crippen molar-refractivity contribution in [2.45, 2.75) is 19.3 Å². The molecule has 134 valence electrons. The van der Waals surface area contributed by atoms with E-state index in [1.807, 2.05) is 36.4 Å². The quantitative estimate of drug-likeness (QED) is 0.344. The highest BCUT2D eigenvalue weighted by atomic mass is 16.5. The number of allylic oxidation sites excluding steroid dienone is 1. The fourth-order valence-corrected chi connectivity index (χ4v) is 2.71. The Hall–Kier alpha value is -3.08. The average molecular weight is 348 g/mol. The van der Waals surface area contributed by atoms with E-state index in [0.29, 0.717) is 5.69 Å². The molecule has 5 nitrogen and oxygen atoms in total. The number of anilines is 2. The SMILES string of the molecule is C=CCCCOc1ccc(CCNc2ncnc3ccc(N)cc23)cc1. The summed E-state index contributed by atoms with van der Waals surface area (Å²) in [6.45, 7) is 5.21. The van der Waals surface area contributed by atoms with E-state index in [1.54, 1.807) is 6.33 Å². The third-order valence-corrected chi connectivity index (χ3v) is 4.11. The van der Waals surface area contributed by atoms with Gasteiger partial charge in [-0.1, -0.05) is 18.2 Å². The fraction of sp³-hybridized carbons (Fsp3) is 0.238. The van der Waals surface area contributed by atoms with Crippen molar-refractivity contribution in [3.63, 3.8) is 0 Å². The molecule has 0 atom stereocenters. The number of aromatic nitrogens is 2. The number of hydrogen-bond acceptors (Lipinski definition) is 5. The molecule has 3 rings (SSSR count). The first-order valence-corrected chi connectivity index (χ1v) is 8.83. The summed E-state index contributed by atoms with van der Waals surface area (Å²) in [7, 11) is 0. The molecule has 0 amide bonds. The number of nitrogen functional groups attached to an aromatic ring is 1. The first kappa shape index (κ1) is 17.7. The summed E-state index contributed by atoms with van der Waals surface area (Å²) in [5.74, 6) is 1.72. The van der Waals surface area contributed by atoms with Gasteiger partial charge < -0.3 is 15.8 Å². The number of ether oxygens (including phenoxy) is 1. The van der Waals surface area contributed by atoms with Crippen molar-refractivity contribution >= 4 is 22.4 Å². The van der Waals surface area contributed by atoms with Gasteiger partial charge in [0.2, 0.25) is 0 Å². The van der Waals surface area contributed by atoms with Crippen molar-refractivity contribution in [1.29, 1.82) is 0 Å². The predicted octanol–water partition coefficient (Wildman–Crippen LogP) is 4.21. The van der Waals surface area contributed by atoms with Crippen LogP contribution >= 0.6 is 0 Å². The summed E-state index contributed by atoms with van der Waals surface area (Å²) >= 11 is 0. The topological polar surface area (TPSA) is 73.1 Å². The molecular formula is C21H24N4O. The third kappa shape index (κ3) is 4.72. The zero-order valence-corrected chi connectivity index (χ0v) is 14.8. The van der Waals surface area contributed by atoms with E-state index in [9.17, 15) is 0 Å². The lowest BCUT2D eigenvalue weighted by Crippen LogP contribution is -2.07. The van der Waals surface area contributed by atoms with E-state index in [0.717, 1.165) is 54.9 Å². The lowest BCUT2D eigenvalue weighted by molar-refractivity contribution is 0.312. The largest absolute Gasteiger partial charge is 0.494 e. The molecule has 3 N–H and O–H groups in total. The molecule has 0 aliphatic rings. The lowest BCUT2D eigenvalue weighted by Gasteiger charge is -2.10. The molecule has 2 aromatic carbocycles. The Balaban J connectivity index is 1.53. The van der Waals surface area contributed by atoms with Gasteiger partial charge in [0.25, 0.3) is 0 Å². The van der Waals surface area contributed by atoms with Gasteiger partial charge in [-0.2, -0.15) is 0 Å². The van der Waals surface area contributed by atoms with Gasteiger partial charge in [0.15, 0.2) is 0 Å². The van der Waals surface area contributed by atoms with Crippen molar-refractivity contribution in [1.82, 2.24) is 9.97 Å². The van der Waals surface area contributed by atoms with Gasteiger partial charge in [-0.05, 0) is 55.2 Å². The van der Waals surface area contributed by atoms with Crippen LogP contribution in [0.2, 0.25) is 0 Å². The molecule has 1 aromatic heterocycles. The molecule has 0 radical (unpaired) electrons. The van der Waals surface area contributed by atoms with E-state index in [2.05, 4.69) is 34.0 Å². The van der Waals surface area contributed by atoms with Crippen molar-refractivity contribution in [3.05, 3.63) is 67.0 Å². The van der Waals surface area contributed by atoms with Crippen molar-refractivity contribution < 1.29 is 4.74 Å². The summed E-state index contributed by atoms with van der Waals surface area (Å²) < 4.78 is 5.70. The van der Waals surface area contributed by atoms with Crippen LogP contribution in [0.4, 0.5) is 11.5 Å². The van der Waals surface area contributed by atoms with Crippen molar-refractivity contribution in [3.8, 4) is 5.75 Å². The second-order valence-corrected chi connectivity index (χ2v) is 6.10. The molecule has 5 heteroatoms. The minimum atomic E-state index is 0.707. The van der Waals surface area contributed by atoms with Crippen LogP contribution in [0, 0.1) is 0 Å². The molecule has 0 spiro atoms. The third-order valence-electron chi connectivity index (χ3n) is 4.11. The molecule has 0 bridgehead atoms. The normalized spacial score (nSPS) is 10.6. The van der Waals surface area contributed by atoms with Crippen LogP contribution in [0.3, 0.4) is 0 Å². The fourth-order valence-electron chi connectivity index (χ4n) is 2.71. The van der Waals surface area contributed by atoms with E-state index in [-0.39, 0.29) is 0 Å². The van der Waals surface area contributed by atoms with Gasteiger partial charge in [-0.15, -0.1) is 6.58 Å². The molecule has 0 fully saturated rings. The van der Waals surface area contributed by atoms with Gasteiger partial charge in [-0.25, -0.2) is 9.97 Å². The number of rotatable bonds is 9. The summed E-state index contributed by atoms with van der Waals surface area (Å²) in [6.07, 6.45) is 6.35. The molecule has 26 heavy (non-hydrogen) atoms. The minimum Gasteiger partial charge on any atom is -0.494 e. The molecule has 1 heterocycles. The Morgan fingerprint density at radius 2 is 1.96 bits per heavy atom. The molecule has 3 aromatic rings. The van der Waals surface area contributed by atoms with Crippen molar-refractivity contribution in [2.24, 2.45) is 0 Å². The summed E-state index contributed by atoms with van der Waals surface area (Å²) in [5, 5.41) is 4.32. The Bertz CT molecular complexity index is 862. The number of nitrogens with one attached hydrogen (secondary N) is 1. The number of benzene rings is 2. The second-order valence-electron chi connectivity index (χ2n) is 6.10. The molecule has 0 aliphatic carbocycles. The lowest BCUT2D eigenvalue weighted by atomic mass is 10.1. The number of nitrogens with two attached hydrogens (primary N) is 1. The summed E-state index contributed by atoms with van der Waals surface area (Å²) in [6, 6.07) is 13.9. The highest BCUT2D eigenvalue weighted by Crippen LogP contribution is 2.21. The monoisotopic (exact) mass is 348 g/mol. The molecule has 0 saturated heterocycles. The minimum absolute atomic E-state index is 0.707. The Morgan fingerprint density at radius 3 is 2.77 bits per heavy atom. The predicted molar refractivity (Wildman–Crippen MR) is 108 cm³/mol. The van der Waals surface area contributed by atoms with Gasteiger partial charge in [0.1, 0.15) is 17.9 Å². The number of nitrogens with zero attached hydrogens (tertiary/aromatic N) is 2. The van der Waals surface area contributed by atoms with E-state index < -0.39 is 0 Å². The van der Waals surface area contributed by atoms with Crippen LogP contribution < -0.4 is 15.8 Å². The van der Waals surface area contributed by atoms with Crippen molar-refractivity contribution in [2.75, 3.05) is 24.2 Å². The maximum absolute atomic E-state index is 5.88. The van der Waals surface area contributed by atoms with E-state index in [1.165, 1.54) is 5.56 Å².